The lowest BCUT2D eigenvalue weighted by Gasteiger charge is -2.35. The van der Waals surface area contributed by atoms with Gasteiger partial charge in [-0.3, -0.25) is 9.97 Å². The summed E-state index contributed by atoms with van der Waals surface area (Å²) in [6.07, 6.45) is 0.0712. The van der Waals surface area contributed by atoms with Crippen LogP contribution in [0, 0.1) is 6.92 Å². The molecule has 0 aliphatic carbocycles. The third-order valence-electron chi connectivity index (χ3n) is 5.98. The van der Waals surface area contributed by atoms with Crippen LogP contribution in [-0.4, -0.2) is 58.4 Å². The lowest BCUT2D eigenvalue weighted by Crippen LogP contribution is -2.46. The van der Waals surface area contributed by atoms with Crippen molar-refractivity contribution >= 4 is 17.3 Å². The second-order valence-corrected chi connectivity index (χ2v) is 8.50. The molecule has 0 unspecified atom stereocenters. The Hall–Kier alpha value is -3.53. The fraction of sp³-hybridized carbons (Fsp3) is 0.360. The first-order chi connectivity index (χ1) is 16.7. The number of aromatic nitrogens is 3. The SMILES string of the molecule is CCN1CCN(c2ccc(N=C(N)Cc3cnc(-c4ccnc(C)c4)c(C(F)(F)F)c3)nc2)CC1. The predicted octanol–water partition coefficient (Wildman–Crippen LogP) is 4.24. The van der Waals surface area contributed by atoms with Crippen molar-refractivity contribution in [3.8, 4) is 11.3 Å². The first kappa shape index (κ1) is 24.6. The molecule has 35 heavy (non-hydrogen) atoms. The van der Waals surface area contributed by atoms with Crippen LogP contribution in [0.1, 0.15) is 23.7 Å². The zero-order valence-electron chi connectivity index (χ0n) is 19.8. The first-order valence-corrected chi connectivity index (χ1v) is 11.5. The number of pyridine rings is 3. The molecule has 1 saturated heterocycles. The van der Waals surface area contributed by atoms with E-state index in [0.717, 1.165) is 44.5 Å². The molecule has 0 bridgehead atoms. The molecule has 1 aliphatic rings. The van der Waals surface area contributed by atoms with E-state index < -0.39 is 11.7 Å². The first-order valence-electron chi connectivity index (χ1n) is 11.5. The van der Waals surface area contributed by atoms with Gasteiger partial charge < -0.3 is 15.5 Å². The fourth-order valence-corrected chi connectivity index (χ4v) is 4.09. The molecule has 1 aliphatic heterocycles. The third kappa shape index (κ3) is 6.13. The van der Waals surface area contributed by atoms with Crippen molar-refractivity contribution in [1.82, 2.24) is 19.9 Å². The Morgan fingerprint density at radius 2 is 1.80 bits per heavy atom. The summed E-state index contributed by atoms with van der Waals surface area (Å²) >= 11 is 0. The molecule has 1 fully saturated rings. The second kappa shape index (κ2) is 10.4. The van der Waals surface area contributed by atoms with Gasteiger partial charge in [0.1, 0.15) is 5.84 Å². The molecule has 2 N–H and O–H groups in total. The lowest BCUT2D eigenvalue weighted by molar-refractivity contribution is -0.137. The number of nitrogens with zero attached hydrogens (tertiary/aromatic N) is 6. The average Bonchev–Trinajstić information content (AvgIpc) is 2.84. The average molecular weight is 484 g/mol. The Morgan fingerprint density at radius 3 is 2.43 bits per heavy atom. The highest BCUT2D eigenvalue weighted by atomic mass is 19.4. The Bertz CT molecular complexity index is 1180. The van der Waals surface area contributed by atoms with Crippen molar-refractivity contribution < 1.29 is 13.2 Å². The summed E-state index contributed by atoms with van der Waals surface area (Å²) < 4.78 is 41.4. The molecule has 184 valence electrons. The number of aliphatic imine (C=N–C) groups is 1. The van der Waals surface area contributed by atoms with E-state index in [1.54, 1.807) is 25.3 Å². The van der Waals surface area contributed by atoms with E-state index >= 15 is 0 Å². The van der Waals surface area contributed by atoms with Crippen LogP contribution in [0.4, 0.5) is 24.7 Å². The van der Waals surface area contributed by atoms with Gasteiger partial charge in [0.2, 0.25) is 0 Å². The van der Waals surface area contributed by atoms with Crippen LogP contribution in [0.3, 0.4) is 0 Å². The number of alkyl halides is 3. The highest BCUT2D eigenvalue weighted by molar-refractivity contribution is 5.85. The Labute approximate surface area is 202 Å². The van der Waals surface area contributed by atoms with Gasteiger partial charge in [-0.15, -0.1) is 0 Å². The third-order valence-corrected chi connectivity index (χ3v) is 5.98. The summed E-state index contributed by atoms with van der Waals surface area (Å²) in [6, 6.07) is 7.87. The number of aryl methyl sites for hydroxylation is 1. The van der Waals surface area contributed by atoms with E-state index in [4.69, 9.17) is 5.73 Å². The Balaban J connectivity index is 1.49. The largest absolute Gasteiger partial charge is 0.418 e. The number of amidine groups is 1. The molecule has 4 rings (SSSR count). The number of likely N-dealkylation sites (N-methyl/N-ethyl adjacent to an activating group) is 1. The minimum atomic E-state index is -4.57. The maximum absolute atomic E-state index is 13.8. The second-order valence-electron chi connectivity index (χ2n) is 8.50. The molecular formula is C25H28F3N7. The van der Waals surface area contributed by atoms with Gasteiger partial charge >= 0.3 is 6.18 Å². The quantitative estimate of drug-likeness (QED) is 0.417. The molecule has 0 radical (unpaired) electrons. The summed E-state index contributed by atoms with van der Waals surface area (Å²) in [5, 5.41) is 0. The molecule has 0 saturated carbocycles. The Morgan fingerprint density at radius 1 is 1.03 bits per heavy atom. The monoisotopic (exact) mass is 483 g/mol. The van der Waals surface area contributed by atoms with E-state index in [9.17, 15) is 13.2 Å². The number of hydrogen-bond donors (Lipinski definition) is 1. The molecular weight excluding hydrogens is 455 g/mol. The van der Waals surface area contributed by atoms with Gasteiger partial charge in [-0.2, -0.15) is 13.2 Å². The molecule has 4 heterocycles. The topological polar surface area (TPSA) is 83.5 Å². The standard InChI is InChI=1S/C25H28F3N7/c1-3-34-8-10-35(11-9-34)20-4-5-23(31-16-20)33-22(29)14-18-13-21(25(26,27)28)24(32-15-18)19-6-7-30-17(2)12-19/h4-7,12-13,15-16H,3,8-11,14H2,1-2H3,(H2,29,31,33). The molecule has 10 heteroatoms. The molecule has 0 atom stereocenters. The zero-order valence-corrected chi connectivity index (χ0v) is 19.8. The van der Waals surface area contributed by atoms with Crippen LogP contribution < -0.4 is 10.6 Å². The van der Waals surface area contributed by atoms with Crippen LogP contribution in [0.2, 0.25) is 0 Å². The van der Waals surface area contributed by atoms with Gasteiger partial charge in [-0.1, -0.05) is 6.92 Å². The van der Waals surface area contributed by atoms with Crippen LogP contribution in [-0.2, 0) is 12.6 Å². The molecule has 0 amide bonds. The van der Waals surface area contributed by atoms with Crippen LogP contribution in [0.15, 0.2) is 53.9 Å². The van der Waals surface area contributed by atoms with Crippen molar-refractivity contribution in [2.45, 2.75) is 26.4 Å². The van der Waals surface area contributed by atoms with E-state index in [2.05, 4.69) is 36.7 Å². The van der Waals surface area contributed by atoms with Crippen LogP contribution in [0.5, 0.6) is 0 Å². The van der Waals surface area contributed by atoms with Gasteiger partial charge in [0.05, 0.1) is 23.1 Å². The van der Waals surface area contributed by atoms with Crippen molar-refractivity contribution in [3.05, 3.63) is 65.7 Å². The highest BCUT2D eigenvalue weighted by Gasteiger charge is 2.35. The van der Waals surface area contributed by atoms with E-state index in [-0.39, 0.29) is 18.0 Å². The molecule has 0 spiro atoms. The highest BCUT2D eigenvalue weighted by Crippen LogP contribution is 2.36. The van der Waals surface area contributed by atoms with Crippen molar-refractivity contribution in [1.29, 1.82) is 0 Å². The van der Waals surface area contributed by atoms with Gasteiger partial charge in [0.15, 0.2) is 5.82 Å². The van der Waals surface area contributed by atoms with E-state index in [1.807, 2.05) is 6.07 Å². The number of hydrogen-bond acceptors (Lipinski definition) is 6. The number of halogens is 3. The van der Waals surface area contributed by atoms with Crippen molar-refractivity contribution in [2.75, 3.05) is 37.6 Å². The summed E-state index contributed by atoms with van der Waals surface area (Å²) in [5.74, 6) is 0.565. The normalized spacial score (nSPS) is 15.5. The summed E-state index contributed by atoms with van der Waals surface area (Å²) in [5.41, 5.74) is 7.40. The van der Waals surface area contributed by atoms with Crippen molar-refractivity contribution in [3.63, 3.8) is 0 Å². The Kier molecular flexibility index (Phi) is 7.30. The predicted molar refractivity (Wildman–Crippen MR) is 131 cm³/mol. The van der Waals surface area contributed by atoms with Crippen LogP contribution in [0.25, 0.3) is 11.3 Å². The maximum Gasteiger partial charge on any atom is 0.418 e. The maximum atomic E-state index is 13.8. The molecule has 7 nitrogen and oxygen atoms in total. The smallest absolute Gasteiger partial charge is 0.387 e. The molecule has 3 aromatic rings. The number of rotatable bonds is 6. The number of anilines is 1. The van der Waals surface area contributed by atoms with Gasteiger partial charge in [0.25, 0.3) is 0 Å². The summed E-state index contributed by atoms with van der Waals surface area (Å²) in [4.78, 5) is 21.5. The minimum Gasteiger partial charge on any atom is -0.387 e. The van der Waals surface area contributed by atoms with Gasteiger partial charge in [-0.05, 0) is 49.4 Å². The number of nitrogens with two attached hydrogens (primary N) is 1. The summed E-state index contributed by atoms with van der Waals surface area (Å²) in [6.45, 7) is 8.81. The van der Waals surface area contributed by atoms with Crippen LogP contribution >= 0.6 is 0 Å². The van der Waals surface area contributed by atoms with Crippen molar-refractivity contribution in [2.24, 2.45) is 10.7 Å². The molecule has 3 aromatic heterocycles. The van der Waals surface area contributed by atoms with Gasteiger partial charge in [0, 0.05) is 56.3 Å². The fourth-order valence-electron chi connectivity index (χ4n) is 4.09. The van der Waals surface area contributed by atoms with Gasteiger partial charge in [-0.25, -0.2) is 9.98 Å². The lowest BCUT2D eigenvalue weighted by atomic mass is 10.0. The van der Waals surface area contributed by atoms with E-state index in [0.29, 0.717) is 22.6 Å². The summed E-state index contributed by atoms with van der Waals surface area (Å²) in [7, 11) is 0. The minimum absolute atomic E-state index is 0.0220. The van der Waals surface area contributed by atoms with E-state index in [1.165, 1.54) is 18.5 Å². The molecule has 0 aromatic carbocycles. The zero-order chi connectivity index (χ0) is 25.0. The number of piperazine rings is 1.